The molecule has 1 aliphatic heterocycles. The smallest absolute Gasteiger partial charge is 0.306 e. The number of fused-ring (bicyclic) bond motifs is 1. The number of carboxylic acid groups (broad SMARTS) is 1. The first-order chi connectivity index (χ1) is 21.2. The molecule has 5 N–H and O–H groups in total. The molecule has 11 nitrogen and oxygen atoms in total. The van der Waals surface area contributed by atoms with Crippen LogP contribution in [0.25, 0.3) is 16.7 Å². The molecule has 1 amide bonds. The third-order valence-corrected chi connectivity index (χ3v) is 8.69. The van der Waals surface area contributed by atoms with Crippen LogP contribution >= 0.6 is 0 Å². The molecule has 1 aromatic heterocycles. The van der Waals surface area contributed by atoms with Gasteiger partial charge in [-0.15, -0.1) is 0 Å². The highest BCUT2D eigenvalue weighted by molar-refractivity contribution is 5.83. The predicted octanol–water partition coefficient (Wildman–Crippen LogP) is 4.39. The monoisotopic (exact) mass is 602 g/mol. The maximum absolute atomic E-state index is 13.1. The minimum atomic E-state index is -0.730. The Morgan fingerprint density at radius 1 is 1.07 bits per heavy atom. The summed E-state index contributed by atoms with van der Waals surface area (Å²) >= 11 is 0. The molecule has 2 aliphatic rings. The molecule has 2 fully saturated rings. The molecule has 1 aliphatic carbocycles. The lowest BCUT2D eigenvalue weighted by atomic mass is 9.82. The third kappa shape index (κ3) is 7.69. The van der Waals surface area contributed by atoms with Gasteiger partial charge >= 0.3 is 5.97 Å². The molecule has 2 heterocycles. The number of imidazole rings is 1. The van der Waals surface area contributed by atoms with Crippen molar-refractivity contribution >= 4 is 34.4 Å². The molecule has 0 bridgehead atoms. The molecule has 5 rings (SSSR count). The van der Waals surface area contributed by atoms with E-state index in [-0.39, 0.29) is 37.0 Å². The van der Waals surface area contributed by atoms with E-state index < -0.39 is 5.97 Å². The topological polar surface area (TPSA) is 156 Å². The SMILES string of the molecule is C=C(N)c1ccc2c(c1)nc(COc1ccc(OC3CCN(C(C)=N)CC3)cc1)n2CC(=O)NCC1CCC(C(=O)O)CC1. The van der Waals surface area contributed by atoms with Crippen LogP contribution in [0, 0.1) is 17.2 Å². The van der Waals surface area contributed by atoms with Crippen LogP contribution in [0.5, 0.6) is 11.5 Å². The average Bonchev–Trinajstić information content (AvgIpc) is 3.36. The van der Waals surface area contributed by atoms with Crippen molar-refractivity contribution in [1.29, 1.82) is 5.41 Å². The lowest BCUT2D eigenvalue weighted by Crippen LogP contribution is -2.40. The standard InChI is InChI=1S/C33H42N6O5/c1-21(34)25-7-12-30-29(17-25)37-31(39(30)19-32(40)36-18-23-3-5-24(6-4-23)33(41)42)20-43-26-8-10-27(11-9-26)44-28-13-15-38(16-14-28)22(2)35/h7-12,17,23-24,28,35H,1,3-6,13-16,18-20,34H2,2H3,(H,36,40)(H,41,42). The predicted molar refractivity (Wildman–Crippen MR) is 168 cm³/mol. The van der Waals surface area contributed by atoms with E-state index in [4.69, 9.17) is 25.6 Å². The summed E-state index contributed by atoms with van der Waals surface area (Å²) in [6.07, 6.45) is 4.77. The summed E-state index contributed by atoms with van der Waals surface area (Å²) in [5, 5.41) is 20.1. The Kier molecular flexibility index (Phi) is 9.72. The molecule has 0 spiro atoms. The number of piperidine rings is 1. The van der Waals surface area contributed by atoms with Crippen LogP contribution in [0.4, 0.5) is 0 Å². The normalized spacial score (nSPS) is 19.0. The van der Waals surface area contributed by atoms with Crippen LogP contribution in [0.3, 0.4) is 0 Å². The minimum Gasteiger partial charge on any atom is -0.490 e. The number of benzene rings is 2. The van der Waals surface area contributed by atoms with Gasteiger partial charge in [-0.05, 0) is 80.5 Å². The van der Waals surface area contributed by atoms with Crippen molar-refractivity contribution in [2.24, 2.45) is 17.6 Å². The number of rotatable bonds is 11. The summed E-state index contributed by atoms with van der Waals surface area (Å²) < 4.78 is 14.1. The summed E-state index contributed by atoms with van der Waals surface area (Å²) in [6.45, 7) is 8.05. The fourth-order valence-corrected chi connectivity index (χ4v) is 6.00. The van der Waals surface area contributed by atoms with Crippen LogP contribution in [-0.4, -0.2) is 63.0 Å². The zero-order valence-corrected chi connectivity index (χ0v) is 25.3. The number of aliphatic carboxylic acids is 1. The van der Waals surface area contributed by atoms with E-state index in [0.717, 1.165) is 55.6 Å². The van der Waals surface area contributed by atoms with E-state index in [2.05, 4.69) is 16.8 Å². The van der Waals surface area contributed by atoms with E-state index in [1.54, 1.807) is 0 Å². The number of amidine groups is 1. The lowest BCUT2D eigenvalue weighted by molar-refractivity contribution is -0.143. The number of nitrogens with two attached hydrogens (primary N) is 1. The Balaban J connectivity index is 1.21. The number of nitrogens with zero attached hydrogens (tertiary/aromatic N) is 3. The number of amides is 1. The molecule has 0 unspecified atom stereocenters. The van der Waals surface area contributed by atoms with E-state index in [1.807, 2.05) is 54.0 Å². The molecule has 234 valence electrons. The van der Waals surface area contributed by atoms with Gasteiger partial charge in [-0.1, -0.05) is 12.6 Å². The second kappa shape index (κ2) is 13.8. The third-order valence-electron chi connectivity index (χ3n) is 8.69. The van der Waals surface area contributed by atoms with Gasteiger partial charge in [0, 0.05) is 38.2 Å². The number of carbonyl (C=O) groups excluding carboxylic acids is 1. The number of carboxylic acids is 1. The number of nitrogens with one attached hydrogen (secondary N) is 2. The van der Waals surface area contributed by atoms with Gasteiger partial charge < -0.3 is 35.1 Å². The van der Waals surface area contributed by atoms with Crippen LogP contribution < -0.4 is 20.5 Å². The minimum absolute atomic E-state index is 0.0751. The van der Waals surface area contributed by atoms with Gasteiger partial charge in [-0.2, -0.15) is 0 Å². The fraction of sp³-hybridized carbons (Fsp3) is 0.455. The zero-order chi connectivity index (χ0) is 31.2. The Bertz CT molecular complexity index is 1500. The zero-order valence-electron chi connectivity index (χ0n) is 25.3. The number of aromatic nitrogens is 2. The van der Waals surface area contributed by atoms with Gasteiger partial charge in [0.2, 0.25) is 5.91 Å². The summed E-state index contributed by atoms with van der Waals surface area (Å²) in [5.41, 5.74) is 8.61. The lowest BCUT2D eigenvalue weighted by Gasteiger charge is -2.32. The van der Waals surface area contributed by atoms with E-state index in [1.165, 1.54) is 0 Å². The maximum atomic E-state index is 13.1. The summed E-state index contributed by atoms with van der Waals surface area (Å²) in [5.74, 6) is 1.76. The summed E-state index contributed by atoms with van der Waals surface area (Å²) in [4.78, 5) is 31.2. The van der Waals surface area contributed by atoms with E-state index in [9.17, 15) is 14.7 Å². The Morgan fingerprint density at radius 3 is 2.39 bits per heavy atom. The highest BCUT2D eigenvalue weighted by atomic mass is 16.5. The van der Waals surface area contributed by atoms with Gasteiger partial charge in [-0.3, -0.25) is 15.0 Å². The Hall–Kier alpha value is -4.54. The molecule has 3 aromatic rings. The van der Waals surface area contributed by atoms with Crippen molar-refractivity contribution in [3.8, 4) is 11.5 Å². The first-order valence-electron chi connectivity index (χ1n) is 15.3. The molecule has 0 atom stereocenters. The number of hydrogen-bond acceptors (Lipinski definition) is 7. The molecular formula is C33H42N6O5. The molecule has 1 saturated carbocycles. The van der Waals surface area contributed by atoms with Gasteiger partial charge in [0.25, 0.3) is 0 Å². The maximum Gasteiger partial charge on any atom is 0.306 e. The van der Waals surface area contributed by atoms with Gasteiger partial charge in [0.1, 0.15) is 36.6 Å². The largest absolute Gasteiger partial charge is 0.490 e. The second-order valence-corrected chi connectivity index (χ2v) is 11.9. The average molecular weight is 603 g/mol. The van der Waals surface area contributed by atoms with Crippen LogP contribution in [-0.2, 0) is 22.7 Å². The number of likely N-dealkylation sites (tertiary alicyclic amines) is 1. The molecular weight excluding hydrogens is 560 g/mol. The van der Waals surface area contributed by atoms with Crippen molar-refractivity contribution < 1.29 is 24.2 Å². The van der Waals surface area contributed by atoms with Crippen molar-refractivity contribution in [2.45, 2.75) is 64.7 Å². The van der Waals surface area contributed by atoms with Crippen molar-refractivity contribution in [2.75, 3.05) is 19.6 Å². The van der Waals surface area contributed by atoms with E-state index in [0.29, 0.717) is 48.0 Å². The molecule has 44 heavy (non-hydrogen) atoms. The first-order valence-corrected chi connectivity index (χ1v) is 15.3. The van der Waals surface area contributed by atoms with Crippen molar-refractivity contribution in [3.63, 3.8) is 0 Å². The van der Waals surface area contributed by atoms with Gasteiger partial charge in [0.15, 0.2) is 0 Å². The first kappa shape index (κ1) is 30.9. The quantitative estimate of drug-likeness (QED) is 0.186. The highest BCUT2D eigenvalue weighted by Gasteiger charge is 2.26. The van der Waals surface area contributed by atoms with Gasteiger partial charge in [-0.25, -0.2) is 4.98 Å². The van der Waals surface area contributed by atoms with Crippen LogP contribution in [0.15, 0.2) is 49.0 Å². The number of ether oxygens (including phenoxy) is 2. The highest BCUT2D eigenvalue weighted by Crippen LogP contribution is 2.29. The van der Waals surface area contributed by atoms with Crippen LogP contribution in [0.2, 0.25) is 0 Å². The summed E-state index contributed by atoms with van der Waals surface area (Å²) in [7, 11) is 0. The van der Waals surface area contributed by atoms with Crippen LogP contribution in [0.1, 0.15) is 56.8 Å². The molecule has 0 radical (unpaired) electrons. The van der Waals surface area contributed by atoms with Crippen molar-refractivity contribution in [3.05, 3.63) is 60.4 Å². The van der Waals surface area contributed by atoms with E-state index >= 15 is 0 Å². The van der Waals surface area contributed by atoms with Crippen molar-refractivity contribution in [1.82, 2.24) is 19.8 Å². The van der Waals surface area contributed by atoms with Gasteiger partial charge in [0.05, 0.1) is 22.8 Å². The molecule has 2 aromatic carbocycles. The second-order valence-electron chi connectivity index (χ2n) is 11.9. The molecule has 11 heteroatoms. The fourth-order valence-electron chi connectivity index (χ4n) is 6.00. The number of hydrogen-bond donors (Lipinski definition) is 4. The molecule has 1 saturated heterocycles. The Labute approximate surface area is 257 Å². The number of carbonyl (C=O) groups is 2. The summed E-state index contributed by atoms with van der Waals surface area (Å²) in [6, 6.07) is 13.1. The Morgan fingerprint density at radius 2 is 1.75 bits per heavy atom.